The Kier molecular flexibility index (Phi) is 8.88. The minimum Gasteiger partial charge on any atom is -0.462 e. The fourth-order valence-corrected chi connectivity index (χ4v) is 3.12. The van der Waals surface area contributed by atoms with Gasteiger partial charge in [0, 0.05) is 5.57 Å². The third-order valence-electron chi connectivity index (χ3n) is 4.86. The smallest absolute Gasteiger partial charge is 0.417 e. The number of carbonyl (C=O) groups excluding carboxylic acids is 2. The quantitative estimate of drug-likeness (QED) is 0.126. The molecule has 0 amide bonds. The third kappa shape index (κ3) is 7.60. The molecule has 0 bridgehead atoms. The highest BCUT2D eigenvalue weighted by Gasteiger charge is 2.34. The van der Waals surface area contributed by atoms with Gasteiger partial charge in [-0.1, -0.05) is 49.0 Å². The first-order valence-electron chi connectivity index (χ1n) is 10.7. The topological polar surface area (TPSA) is 71.1 Å². The first-order chi connectivity index (χ1) is 17.7. The van der Waals surface area contributed by atoms with Crippen molar-refractivity contribution >= 4 is 12.4 Å². The molecule has 0 saturated heterocycles. The molecule has 190 valence electrons. The molecular formula is C28H21F3O6. The molecule has 37 heavy (non-hydrogen) atoms. The van der Waals surface area contributed by atoms with E-state index >= 15 is 0 Å². The average molecular weight is 510 g/mol. The monoisotopic (exact) mass is 510 g/mol. The van der Waals surface area contributed by atoms with Crippen molar-refractivity contribution in [1.29, 1.82) is 0 Å². The van der Waals surface area contributed by atoms with Crippen LogP contribution in [-0.4, -0.2) is 12.4 Å². The van der Waals surface area contributed by atoms with Crippen LogP contribution in [0.1, 0.15) is 12.5 Å². The summed E-state index contributed by atoms with van der Waals surface area (Å²) in [6.07, 6.45) is -0.429. The summed E-state index contributed by atoms with van der Waals surface area (Å²) in [7, 11) is 0. The molecular weight excluding hydrogens is 489 g/mol. The lowest BCUT2D eigenvalue weighted by molar-refractivity contribution is -0.137. The Morgan fingerprint density at radius 2 is 1.32 bits per heavy atom. The van der Waals surface area contributed by atoms with Crippen molar-refractivity contribution in [1.82, 2.24) is 0 Å². The van der Waals surface area contributed by atoms with Crippen LogP contribution in [0.2, 0.25) is 0 Å². The highest BCUT2D eigenvalue weighted by molar-refractivity contribution is 5.87. The van der Waals surface area contributed by atoms with Gasteiger partial charge in [-0.3, -0.25) is 4.79 Å². The van der Waals surface area contributed by atoms with Gasteiger partial charge in [-0.05, 0) is 53.4 Å². The second-order valence-corrected chi connectivity index (χ2v) is 7.50. The van der Waals surface area contributed by atoms with Crippen LogP contribution in [0.15, 0.2) is 104 Å². The number of carbonyl (C=O) groups is 2. The van der Waals surface area contributed by atoms with Crippen LogP contribution in [0.5, 0.6) is 11.5 Å². The van der Waals surface area contributed by atoms with E-state index in [2.05, 4.69) is 11.3 Å². The SMILES string of the molecule is C=C(C)C(=O)O/C=C\Oc1ccc(-c2ccc(-c3ccc(O/C=C\OC=O)cc3C(F)(F)F)cc2)cc1. The highest BCUT2D eigenvalue weighted by atomic mass is 19.4. The molecule has 0 aliphatic rings. The molecule has 0 aliphatic carbocycles. The third-order valence-corrected chi connectivity index (χ3v) is 4.86. The van der Waals surface area contributed by atoms with Crippen molar-refractivity contribution in [3.63, 3.8) is 0 Å². The lowest BCUT2D eigenvalue weighted by Crippen LogP contribution is -2.07. The Morgan fingerprint density at radius 1 is 0.784 bits per heavy atom. The van der Waals surface area contributed by atoms with E-state index in [-0.39, 0.29) is 23.4 Å². The maximum absolute atomic E-state index is 13.7. The van der Waals surface area contributed by atoms with Crippen molar-refractivity contribution in [3.8, 4) is 33.8 Å². The summed E-state index contributed by atoms with van der Waals surface area (Å²) in [5, 5.41) is 0. The van der Waals surface area contributed by atoms with Gasteiger partial charge < -0.3 is 18.9 Å². The van der Waals surface area contributed by atoms with Gasteiger partial charge in [-0.15, -0.1) is 0 Å². The van der Waals surface area contributed by atoms with Crippen molar-refractivity contribution in [2.75, 3.05) is 0 Å². The largest absolute Gasteiger partial charge is 0.462 e. The van der Waals surface area contributed by atoms with E-state index in [0.717, 1.165) is 36.0 Å². The van der Waals surface area contributed by atoms with Crippen LogP contribution in [0, 0.1) is 0 Å². The summed E-state index contributed by atoms with van der Waals surface area (Å²) in [5.41, 5.74) is 1.36. The number of rotatable bonds is 10. The van der Waals surface area contributed by atoms with Crippen molar-refractivity contribution in [2.45, 2.75) is 13.1 Å². The summed E-state index contributed by atoms with van der Waals surface area (Å²) < 4.78 is 60.7. The number of benzene rings is 3. The predicted molar refractivity (Wildman–Crippen MR) is 130 cm³/mol. The molecule has 0 aromatic heterocycles. The van der Waals surface area contributed by atoms with E-state index in [1.54, 1.807) is 48.5 Å². The number of ether oxygens (including phenoxy) is 4. The molecule has 9 heteroatoms. The summed E-state index contributed by atoms with van der Waals surface area (Å²) in [6.45, 7) is 5.15. The van der Waals surface area contributed by atoms with Crippen molar-refractivity contribution < 1.29 is 41.7 Å². The van der Waals surface area contributed by atoms with E-state index in [0.29, 0.717) is 11.3 Å². The molecule has 0 fully saturated rings. The van der Waals surface area contributed by atoms with Gasteiger partial charge in [-0.25, -0.2) is 4.79 Å². The Morgan fingerprint density at radius 3 is 1.92 bits per heavy atom. The van der Waals surface area contributed by atoms with Crippen LogP contribution < -0.4 is 9.47 Å². The molecule has 3 aromatic rings. The molecule has 0 aliphatic heterocycles. The standard InChI is InChI=1S/C28H21F3O6/c1-19(2)27(33)37-16-15-35-23-9-7-21(8-10-23)20-3-5-22(6-4-20)25-12-11-24(36-14-13-34-18-32)17-26(25)28(29,30)31/h3-18H,1H2,2H3/b14-13-,16-15-. The molecule has 0 N–H and O–H groups in total. The number of alkyl halides is 3. The van der Waals surface area contributed by atoms with Crippen LogP contribution in [0.3, 0.4) is 0 Å². The van der Waals surface area contributed by atoms with E-state index < -0.39 is 17.7 Å². The fraction of sp³-hybridized carbons (Fsp3) is 0.0714. The number of hydrogen-bond acceptors (Lipinski definition) is 6. The lowest BCUT2D eigenvalue weighted by atomic mass is 9.96. The minimum absolute atomic E-state index is 0.0117. The molecule has 0 heterocycles. The molecule has 3 aromatic carbocycles. The molecule has 0 radical (unpaired) electrons. The van der Waals surface area contributed by atoms with Crippen LogP contribution in [0.4, 0.5) is 13.2 Å². The van der Waals surface area contributed by atoms with Crippen molar-refractivity contribution in [3.05, 3.63) is 109 Å². The predicted octanol–water partition coefficient (Wildman–Crippen LogP) is 7.03. The zero-order valence-corrected chi connectivity index (χ0v) is 19.5. The molecule has 0 atom stereocenters. The number of halogens is 3. The number of hydrogen-bond donors (Lipinski definition) is 0. The fourth-order valence-electron chi connectivity index (χ4n) is 3.12. The van der Waals surface area contributed by atoms with E-state index in [1.165, 1.54) is 25.3 Å². The Labute approximate surface area is 210 Å². The summed E-state index contributed by atoms with van der Waals surface area (Å²) >= 11 is 0. The maximum atomic E-state index is 13.7. The molecule has 0 unspecified atom stereocenters. The van der Waals surface area contributed by atoms with Crippen LogP contribution in [-0.2, 0) is 25.2 Å². The first kappa shape index (κ1) is 26.8. The Balaban J connectivity index is 1.74. The van der Waals surface area contributed by atoms with Gasteiger partial charge in [-0.2, -0.15) is 13.2 Å². The van der Waals surface area contributed by atoms with Crippen LogP contribution >= 0.6 is 0 Å². The zero-order valence-electron chi connectivity index (χ0n) is 19.5. The van der Waals surface area contributed by atoms with Gasteiger partial charge in [0.25, 0.3) is 6.47 Å². The highest BCUT2D eigenvalue weighted by Crippen LogP contribution is 2.39. The number of esters is 1. The van der Waals surface area contributed by atoms with Gasteiger partial charge in [0.1, 0.15) is 36.5 Å². The van der Waals surface area contributed by atoms with Crippen molar-refractivity contribution in [2.24, 2.45) is 0 Å². The second-order valence-electron chi connectivity index (χ2n) is 7.50. The van der Waals surface area contributed by atoms with Gasteiger partial charge in [0.05, 0.1) is 5.56 Å². The molecule has 3 rings (SSSR count). The molecule has 6 nitrogen and oxygen atoms in total. The average Bonchev–Trinajstić information content (AvgIpc) is 2.89. The Bertz CT molecular complexity index is 1310. The van der Waals surface area contributed by atoms with Crippen LogP contribution in [0.25, 0.3) is 22.3 Å². The summed E-state index contributed by atoms with van der Waals surface area (Å²) in [5.74, 6) is -0.138. The first-order valence-corrected chi connectivity index (χ1v) is 10.7. The summed E-state index contributed by atoms with van der Waals surface area (Å²) in [6, 6.07) is 17.2. The second kappa shape index (κ2) is 12.3. The van der Waals surface area contributed by atoms with E-state index in [4.69, 9.17) is 14.2 Å². The van der Waals surface area contributed by atoms with E-state index in [9.17, 15) is 22.8 Å². The molecule has 0 spiro atoms. The summed E-state index contributed by atoms with van der Waals surface area (Å²) in [4.78, 5) is 21.4. The van der Waals surface area contributed by atoms with Gasteiger partial charge in [0.15, 0.2) is 0 Å². The normalized spacial score (nSPS) is 11.4. The lowest BCUT2D eigenvalue weighted by Gasteiger charge is -2.15. The van der Waals surface area contributed by atoms with E-state index in [1.807, 2.05) is 0 Å². The van der Waals surface area contributed by atoms with Gasteiger partial charge >= 0.3 is 12.1 Å². The van der Waals surface area contributed by atoms with Gasteiger partial charge in [0.2, 0.25) is 0 Å². The zero-order chi connectivity index (χ0) is 26.8. The molecule has 0 saturated carbocycles. The Hall–Kier alpha value is -4.79. The minimum atomic E-state index is -4.62. The maximum Gasteiger partial charge on any atom is 0.417 e.